The van der Waals surface area contributed by atoms with Gasteiger partial charge in [0.15, 0.2) is 6.61 Å². The summed E-state index contributed by atoms with van der Waals surface area (Å²) in [5.74, 6) is 0.435. The number of morpholine rings is 1. The minimum absolute atomic E-state index is 0.150. The number of unbranched alkanes of at least 4 members (excludes halogenated alkanes) is 1. The highest BCUT2D eigenvalue weighted by Crippen LogP contribution is 2.21. The van der Waals surface area contributed by atoms with Crippen LogP contribution in [0.3, 0.4) is 0 Å². The normalized spacial score (nSPS) is 14.9. The van der Waals surface area contributed by atoms with Crippen molar-refractivity contribution in [2.24, 2.45) is 0 Å². The third kappa shape index (κ3) is 7.92. The average molecular weight is 548 g/mol. The van der Waals surface area contributed by atoms with E-state index in [4.69, 9.17) is 14.2 Å². The highest BCUT2D eigenvalue weighted by Gasteiger charge is 2.28. The van der Waals surface area contributed by atoms with Gasteiger partial charge in [0.2, 0.25) is 15.9 Å². The lowest BCUT2D eigenvalue weighted by Crippen LogP contribution is -2.49. The first-order valence-corrected chi connectivity index (χ1v) is 14.2. The molecule has 1 aliphatic rings. The van der Waals surface area contributed by atoms with Crippen LogP contribution in [-0.2, 0) is 30.9 Å². The second-order valence-corrected chi connectivity index (χ2v) is 10.9. The van der Waals surface area contributed by atoms with Crippen molar-refractivity contribution in [3.8, 4) is 11.5 Å². The lowest BCUT2D eigenvalue weighted by atomic mass is 10.1. The molecule has 2 aromatic carbocycles. The van der Waals surface area contributed by atoms with Crippen molar-refractivity contribution >= 4 is 21.8 Å². The number of sulfonamides is 1. The van der Waals surface area contributed by atoms with Crippen LogP contribution < -0.4 is 14.8 Å². The molecule has 1 fully saturated rings. The van der Waals surface area contributed by atoms with Crippen LogP contribution in [0.15, 0.2) is 53.4 Å². The molecule has 38 heavy (non-hydrogen) atoms. The number of methoxy groups -OCH3 is 1. The Labute approximate surface area is 224 Å². The lowest BCUT2D eigenvalue weighted by molar-refractivity contribution is -0.142. The van der Waals surface area contributed by atoms with Gasteiger partial charge in [-0.1, -0.05) is 25.5 Å². The highest BCUT2D eigenvalue weighted by molar-refractivity contribution is 7.89. The molecule has 0 saturated carbocycles. The molecule has 208 valence electrons. The molecule has 0 aromatic heterocycles. The summed E-state index contributed by atoms with van der Waals surface area (Å²) in [5, 5.41) is 2.88. The number of benzene rings is 2. The van der Waals surface area contributed by atoms with Gasteiger partial charge in [-0.25, -0.2) is 8.42 Å². The minimum atomic E-state index is -3.62. The van der Waals surface area contributed by atoms with Crippen LogP contribution in [0.25, 0.3) is 0 Å². The van der Waals surface area contributed by atoms with Gasteiger partial charge in [-0.3, -0.25) is 9.59 Å². The molecule has 2 amide bonds. The summed E-state index contributed by atoms with van der Waals surface area (Å²) in [5.41, 5.74) is 0.838. The topological polar surface area (TPSA) is 114 Å². The van der Waals surface area contributed by atoms with Gasteiger partial charge < -0.3 is 24.4 Å². The molecule has 0 aliphatic carbocycles. The largest absolute Gasteiger partial charge is 0.497 e. The standard InChI is InChI=1S/C27H37N3O7S/c1-4-5-14-28-27(32)21(2)30(19-22-6-8-23(35-3)9-7-22)26(31)20-37-24-10-12-25(13-11-24)38(33,34)29-15-17-36-18-16-29/h6-13,21H,4-5,14-20H2,1-3H3,(H,28,32). The number of nitrogens with zero attached hydrogens (tertiary/aromatic N) is 2. The molecule has 0 bridgehead atoms. The molecule has 1 heterocycles. The first kappa shape index (κ1) is 29.4. The summed E-state index contributed by atoms with van der Waals surface area (Å²) < 4.78 is 43.2. The van der Waals surface area contributed by atoms with Gasteiger partial charge in [-0.05, 0) is 55.3 Å². The molecule has 2 aromatic rings. The maximum atomic E-state index is 13.2. The summed E-state index contributed by atoms with van der Waals surface area (Å²) >= 11 is 0. The van der Waals surface area contributed by atoms with Crippen LogP contribution in [0.2, 0.25) is 0 Å². The average Bonchev–Trinajstić information content (AvgIpc) is 2.95. The van der Waals surface area contributed by atoms with Crippen molar-refractivity contribution in [1.82, 2.24) is 14.5 Å². The summed E-state index contributed by atoms with van der Waals surface area (Å²) in [6.07, 6.45) is 1.80. The van der Waals surface area contributed by atoms with Crippen molar-refractivity contribution in [1.29, 1.82) is 0 Å². The Bertz CT molecular complexity index is 1150. The predicted octanol–water partition coefficient (Wildman–Crippen LogP) is 2.43. The van der Waals surface area contributed by atoms with E-state index in [-0.39, 0.29) is 29.9 Å². The number of rotatable bonds is 13. The van der Waals surface area contributed by atoms with Crippen molar-refractivity contribution in [2.75, 3.05) is 46.6 Å². The number of hydrogen-bond donors (Lipinski definition) is 1. The number of carbonyl (C=O) groups is 2. The van der Waals surface area contributed by atoms with E-state index in [1.807, 2.05) is 19.1 Å². The zero-order chi connectivity index (χ0) is 27.5. The Kier molecular flexibility index (Phi) is 10.9. The first-order valence-electron chi connectivity index (χ1n) is 12.8. The van der Waals surface area contributed by atoms with Gasteiger partial charge >= 0.3 is 0 Å². The van der Waals surface area contributed by atoms with Crippen LogP contribution in [0, 0.1) is 0 Å². The summed E-state index contributed by atoms with van der Waals surface area (Å²) in [6, 6.07) is 12.5. The molecular weight excluding hydrogens is 510 g/mol. The monoisotopic (exact) mass is 547 g/mol. The zero-order valence-corrected chi connectivity index (χ0v) is 23.0. The summed E-state index contributed by atoms with van der Waals surface area (Å²) in [7, 11) is -2.05. The smallest absolute Gasteiger partial charge is 0.261 e. The van der Waals surface area contributed by atoms with Gasteiger partial charge in [0.1, 0.15) is 17.5 Å². The lowest BCUT2D eigenvalue weighted by Gasteiger charge is -2.29. The number of nitrogens with one attached hydrogen (secondary N) is 1. The molecule has 1 aliphatic heterocycles. The van der Waals surface area contributed by atoms with E-state index in [2.05, 4.69) is 5.32 Å². The molecule has 3 rings (SSSR count). The summed E-state index contributed by atoms with van der Waals surface area (Å²) in [4.78, 5) is 27.6. The van der Waals surface area contributed by atoms with Gasteiger partial charge in [0.05, 0.1) is 25.2 Å². The SMILES string of the molecule is CCCCNC(=O)C(C)N(Cc1ccc(OC)cc1)C(=O)COc1ccc(S(=O)(=O)N2CCOCC2)cc1. The van der Waals surface area contributed by atoms with Crippen LogP contribution in [-0.4, -0.2) is 82.0 Å². The minimum Gasteiger partial charge on any atom is -0.497 e. The van der Waals surface area contributed by atoms with Crippen molar-refractivity contribution in [3.05, 3.63) is 54.1 Å². The number of carbonyl (C=O) groups excluding carboxylic acids is 2. The second kappa shape index (κ2) is 14.1. The molecule has 11 heteroatoms. The van der Waals surface area contributed by atoms with E-state index in [0.717, 1.165) is 18.4 Å². The molecule has 10 nitrogen and oxygen atoms in total. The fraction of sp³-hybridized carbons (Fsp3) is 0.481. The summed E-state index contributed by atoms with van der Waals surface area (Å²) in [6.45, 7) is 5.52. The quantitative estimate of drug-likeness (QED) is 0.383. The molecule has 1 unspecified atom stereocenters. The predicted molar refractivity (Wildman–Crippen MR) is 142 cm³/mol. The van der Waals surface area contributed by atoms with E-state index in [9.17, 15) is 18.0 Å². The van der Waals surface area contributed by atoms with E-state index in [1.165, 1.54) is 33.5 Å². The zero-order valence-electron chi connectivity index (χ0n) is 22.2. The van der Waals surface area contributed by atoms with Crippen LogP contribution in [0.4, 0.5) is 0 Å². The van der Waals surface area contributed by atoms with E-state index in [1.54, 1.807) is 26.2 Å². The Morgan fingerprint density at radius 2 is 1.68 bits per heavy atom. The molecule has 1 atom stereocenters. The maximum absolute atomic E-state index is 13.2. The van der Waals surface area contributed by atoms with Crippen molar-refractivity contribution in [3.63, 3.8) is 0 Å². The van der Waals surface area contributed by atoms with Gasteiger partial charge in [0, 0.05) is 26.2 Å². The Morgan fingerprint density at radius 1 is 1.05 bits per heavy atom. The maximum Gasteiger partial charge on any atom is 0.261 e. The molecule has 0 radical (unpaired) electrons. The molecule has 1 saturated heterocycles. The number of ether oxygens (including phenoxy) is 3. The molecule has 1 N–H and O–H groups in total. The Hall–Kier alpha value is -3.15. The number of amides is 2. The van der Waals surface area contributed by atoms with Crippen molar-refractivity contribution in [2.45, 2.75) is 44.2 Å². The Morgan fingerprint density at radius 3 is 2.29 bits per heavy atom. The fourth-order valence-electron chi connectivity index (χ4n) is 3.92. The molecule has 0 spiro atoms. The first-order chi connectivity index (χ1) is 18.3. The third-order valence-corrected chi connectivity index (χ3v) is 8.22. The van der Waals surface area contributed by atoms with Crippen LogP contribution in [0.1, 0.15) is 32.3 Å². The van der Waals surface area contributed by atoms with Gasteiger partial charge in [0.25, 0.3) is 5.91 Å². The van der Waals surface area contributed by atoms with Crippen LogP contribution >= 0.6 is 0 Å². The van der Waals surface area contributed by atoms with E-state index >= 15 is 0 Å². The highest BCUT2D eigenvalue weighted by atomic mass is 32.2. The van der Waals surface area contributed by atoms with E-state index < -0.39 is 16.1 Å². The second-order valence-electron chi connectivity index (χ2n) is 8.97. The molecular formula is C27H37N3O7S. The third-order valence-electron chi connectivity index (χ3n) is 6.30. The fourth-order valence-corrected chi connectivity index (χ4v) is 5.33. The van der Waals surface area contributed by atoms with Gasteiger partial charge in [-0.15, -0.1) is 0 Å². The van der Waals surface area contributed by atoms with Gasteiger partial charge in [-0.2, -0.15) is 4.31 Å². The number of hydrogen-bond acceptors (Lipinski definition) is 7. The van der Waals surface area contributed by atoms with Crippen molar-refractivity contribution < 1.29 is 32.2 Å². The Balaban J connectivity index is 1.67. The van der Waals surface area contributed by atoms with Crippen LogP contribution in [0.5, 0.6) is 11.5 Å². The van der Waals surface area contributed by atoms with E-state index in [0.29, 0.717) is 44.3 Å².